The summed E-state index contributed by atoms with van der Waals surface area (Å²) in [5.74, 6) is -5.52. The second-order valence-corrected chi connectivity index (χ2v) is 9.08. The third-order valence-corrected chi connectivity index (χ3v) is 7.79. The van der Waals surface area contributed by atoms with E-state index in [1.165, 1.54) is 21.9 Å². The van der Waals surface area contributed by atoms with Gasteiger partial charge in [-0.1, -0.05) is 17.7 Å². The summed E-state index contributed by atoms with van der Waals surface area (Å²) in [6.07, 6.45) is 2.63. The summed E-state index contributed by atoms with van der Waals surface area (Å²) in [6.45, 7) is 4.05. The van der Waals surface area contributed by atoms with Crippen LogP contribution in [0.3, 0.4) is 0 Å². The van der Waals surface area contributed by atoms with Crippen LogP contribution in [0.15, 0.2) is 29.8 Å². The third-order valence-electron chi connectivity index (χ3n) is 7.79. The van der Waals surface area contributed by atoms with Crippen molar-refractivity contribution in [1.29, 1.82) is 0 Å². The molecule has 2 aliphatic carbocycles. The lowest BCUT2D eigenvalue weighted by Crippen LogP contribution is -2.43. The highest BCUT2D eigenvalue weighted by atomic mass is 19.1. The number of nitrogens with zero attached hydrogens (tertiary/aromatic N) is 2. The maximum absolute atomic E-state index is 14.3. The topological polar surface area (TPSA) is 95.0 Å². The van der Waals surface area contributed by atoms with Crippen molar-refractivity contribution >= 4 is 23.6 Å². The van der Waals surface area contributed by atoms with Crippen molar-refractivity contribution in [2.45, 2.75) is 32.6 Å². The van der Waals surface area contributed by atoms with E-state index in [9.17, 15) is 28.7 Å². The van der Waals surface area contributed by atoms with Gasteiger partial charge in [0.1, 0.15) is 0 Å². The van der Waals surface area contributed by atoms with Crippen molar-refractivity contribution in [3.05, 3.63) is 41.2 Å². The van der Waals surface area contributed by atoms with Gasteiger partial charge >= 0.3 is 0 Å². The van der Waals surface area contributed by atoms with Gasteiger partial charge < -0.3 is 5.11 Å². The first kappa shape index (κ1) is 20.8. The highest BCUT2D eigenvalue weighted by Gasteiger charge is 2.61. The molecule has 2 heterocycles. The number of imide groups is 2. The Labute approximate surface area is 184 Å². The molecule has 2 aliphatic heterocycles. The van der Waals surface area contributed by atoms with Gasteiger partial charge in [-0.05, 0) is 50.3 Å². The third kappa shape index (κ3) is 2.64. The first-order chi connectivity index (χ1) is 15.3. The Bertz CT molecular complexity index is 1080. The quantitative estimate of drug-likeness (QED) is 0.575. The fourth-order valence-electron chi connectivity index (χ4n) is 6.43. The van der Waals surface area contributed by atoms with E-state index in [-0.39, 0.29) is 36.1 Å². The zero-order chi connectivity index (χ0) is 22.9. The van der Waals surface area contributed by atoms with Gasteiger partial charge in [0.2, 0.25) is 23.6 Å². The van der Waals surface area contributed by atoms with Crippen molar-refractivity contribution in [3.63, 3.8) is 0 Å². The number of rotatable bonds is 3. The van der Waals surface area contributed by atoms with Crippen LogP contribution in [0.5, 0.6) is 5.75 Å². The zero-order valence-electron chi connectivity index (χ0n) is 18.0. The van der Waals surface area contributed by atoms with E-state index in [1.54, 1.807) is 19.9 Å². The highest BCUT2D eigenvalue weighted by Crippen LogP contribution is 2.57. The molecule has 0 spiro atoms. The van der Waals surface area contributed by atoms with Gasteiger partial charge in [-0.2, -0.15) is 0 Å². The number of allylic oxidation sites excluding steroid dienone is 2. The fraction of sp³-hybridized carbons (Fsp3) is 0.500. The molecule has 4 amide bonds. The summed E-state index contributed by atoms with van der Waals surface area (Å²) in [4.78, 5) is 54.9. The van der Waals surface area contributed by atoms with Crippen molar-refractivity contribution in [3.8, 4) is 5.75 Å². The molecule has 1 aromatic carbocycles. The minimum Gasteiger partial charge on any atom is -0.505 e. The summed E-state index contributed by atoms with van der Waals surface area (Å²) in [5.41, 5.74) is 1.32. The summed E-state index contributed by atoms with van der Waals surface area (Å²) in [7, 11) is 0. The molecule has 0 unspecified atom stereocenters. The molecule has 1 aromatic rings. The van der Waals surface area contributed by atoms with Crippen molar-refractivity contribution in [2.75, 3.05) is 13.1 Å². The lowest BCUT2D eigenvalue weighted by Gasteiger charge is -2.44. The van der Waals surface area contributed by atoms with Crippen LogP contribution in [-0.2, 0) is 19.2 Å². The van der Waals surface area contributed by atoms with Crippen molar-refractivity contribution in [1.82, 2.24) is 9.80 Å². The fourth-order valence-corrected chi connectivity index (χ4v) is 6.43. The number of phenols is 1. The minimum absolute atomic E-state index is 0.184. The first-order valence-electron chi connectivity index (χ1n) is 11.2. The minimum atomic E-state index is -0.802. The molecule has 1 saturated carbocycles. The Hall–Kier alpha value is -3.03. The Morgan fingerprint density at radius 1 is 0.906 bits per heavy atom. The maximum Gasteiger partial charge on any atom is 0.234 e. The Morgan fingerprint density at radius 2 is 1.53 bits per heavy atom. The smallest absolute Gasteiger partial charge is 0.234 e. The summed E-state index contributed by atoms with van der Waals surface area (Å²) in [6, 6.07) is 4.03. The van der Waals surface area contributed by atoms with Crippen LogP contribution in [0, 0.1) is 35.4 Å². The molecule has 1 N–H and O–H groups in total. The lowest BCUT2D eigenvalue weighted by molar-refractivity contribution is -0.141. The summed E-state index contributed by atoms with van der Waals surface area (Å²) >= 11 is 0. The second kappa shape index (κ2) is 7.25. The first-order valence-corrected chi connectivity index (χ1v) is 11.2. The van der Waals surface area contributed by atoms with Crippen LogP contribution in [0.2, 0.25) is 0 Å². The molecule has 32 heavy (non-hydrogen) atoms. The van der Waals surface area contributed by atoms with E-state index in [0.29, 0.717) is 24.9 Å². The predicted molar refractivity (Wildman–Crippen MR) is 110 cm³/mol. The van der Waals surface area contributed by atoms with Crippen LogP contribution in [0.4, 0.5) is 4.39 Å². The second-order valence-electron chi connectivity index (χ2n) is 9.08. The number of carbonyl (C=O) groups excluding carboxylic acids is 4. The number of amides is 4. The van der Waals surface area contributed by atoms with Crippen LogP contribution in [0.1, 0.15) is 38.2 Å². The number of carbonyl (C=O) groups is 4. The number of benzene rings is 1. The van der Waals surface area contributed by atoms with Gasteiger partial charge in [-0.15, -0.1) is 0 Å². The van der Waals surface area contributed by atoms with Gasteiger partial charge in [0.05, 0.1) is 23.7 Å². The van der Waals surface area contributed by atoms with E-state index < -0.39 is 41.2 Å². The summed E-state index contributed by atoms with van der Waals surface area (Å²) in [5, 5.41) is 9.67. The average molecular weight is 440 g/mol. The predicted octanol–water partition coefficient (Wildman–Crippen LogP) is 2.21. The zero-order valence-corrected chi connectivity index (χ0v) is 18.0. The Balaban J connectivity index is 1.65. The molecule has 4 aliphatic rings. The largest absolute Gasteiger partial charge is 0.505 e. The SMILES string of the molecule is CCN1C(=O)[C@H]2[C@H](CC=C3[C@H]2C[C@H]2C(=O)N(CC)C(=O)[C@H]2[C@H]3c2ccc(O)c(F)c2)C1=O. The maximum atomic E-state index is 14.3. The van der Waals surface area contributed by atoms with Gasteiger partial charge in [-0.25, -0.2) is 4.39 Å². The van der Waals surface area contributed by atoms with Crippen LogP contribution >= 0.6 is 0 Å². The number of fused-ring (bicyclic) bond motifs is 4. The molecular formula is C24H25FN2O5. The number of phenolic OH excluding ortho intramolecular Hbond substituents is 1. The standard InChI is InChI=1S/C24H25FN2O5/c1-3-26-21(29)13-7-6-12-14(19(13)23(26)31)10-15-20(24(32)27(4-2)22(15)30)18(12)11-5-8-17(28)16(25)9-11/h5-6,8-9,13-15,18-20,28H,3-4,7,10H2,1-2H3/t13-,14+,15+,18-,19-,20+/m0/s1. The average Bonchev–Trinajstić information content (AvgIpc) is 3.17. The van der Waals surface area contributed by atoms with E-state index in [2.05, 4.69) is 0 Å². The molecule has 3 fully saturated rings. The van der Waals surface area contributed by atoms with Crippen molar-refractivity contribution in [2.24, 2.45) is 29.6 Å². The molecule has 6 atom stereocenters. The van der Waals surface area contributed by atoms with Crippen LogP contribution in [-0.4, -0.2) is 51.6 Å². The molecule has 7 nitrogen and oxygen atoms in total. The van der Waals surface area contributed by atoms with Gasteiger partial charge in [0.25, 0.3) is 0 Å². The van der Waals surface area contributed by atoms with Gasteiger partial charge in [0, 0.05) is 19.0 Å². The Morgan fingerprint density at radius 3 is 2.16 bits per heavy atom. The highest BCUT2D eigenvalue weighted by molar-refractivity contribution is 6.07. The molecule has 5 rings (SSSR count). The normalized spacial score (nSPS) is 33.9. The van der Waals surface area contributed by atoms with Crippen LogP contribution < -0.4 is 0 Å². The van der Waals surface area contributed by atoms with Gasteiger partial charge in [-0.3, -0.25) is 29.0 Å². The number of halogens is 1. The molecule has 168 valence electrons. The number of hydrogen-bond donors (Lipinski definition) is 1. The van der Waals surface area contributed by atoms with Crippen molar-refractivity contribution < 1.29 is 28.7 Å². The van der Waals surface area contributed by atoms with Crippen LogP contribution in [0.25, 0.3) is 0 Å². The lowest BCUT2D eigenvalue weighted by atomic mass is 9.57. The van der Waals surface area contributed by atoms with E-state index in [0.717, 1.165) is 5.57 Å². The molecule has 0 bridgehead atoms. The van der Waals surface area contributed by atoms with E-state index in [1.807, 2.05) is 6.08 Å². The number of likely N-dealkylation sites (tertiary alicyclic amines) is 2. The Kier molecular flexibility index (Phi) is 4.72. The molecular weight excluding hydrogens is 415 g/mol. The molecule has 0 aromatic heterocycles. The monoisotopic (exact) mass is 440 g/mol. The molecule has 0 radical (unpaired) electrons. The van der Waals surface area contributed by atoms with Gasteiger partial charge in [0.15, 0.2) is 11.6 Å². The number of hydrogen-bond acceptors (Lipinski definition) is 5. The van der Waals surface area contributed by atoms with E-state index in [4.69, 9.17) is 0 Å². The number of aromatic hydroxyl groups is 1. The van der Waals surface area contributed by atoms with E-state index >= 15 is 0 Å². The molecule has 8 heteroatoms. The molecule has 2 saturated heterocycles. The summed E-state index contributed by atoms with van der Waals surface area (Å²) < 4.78 is 14.3.